The Morgan fingerprint density at radius 1 is 1.06 bits per heavy atom. The summed E-state index contributed by atoms with van der Waals surface area (Å²) in [6.45, 7) is 8.68. The molecule has 4 aliphatic carbocycles. The summed E-state index contributed by atoms with van der Waals surface area (Å²) in [5.41, 5.74) is 2.09. The number of hydrogen-bond acceptors (Lipinski definition) is 6. The average Bonchev–Trinajstić information content (AvgIpc) is 3.16. The first-order chi connectivity index (χ1) is 15.7. The van der Waals surface area contributed by atoms with Crippen LogP contribution in [0.2, 0.25) is 0 Å². The smallest absolute Gasteiger partial charge is 0.186 e. The van der Waals surface area contributed by atoms with Gasteiger partial charge in [-0.15, -0.1) is 6.58 Å². The van der Waals surface area contributed by atoms with Gasteiger partial charge in [-0.2, -0.15) is 0 Å². The van der Waals surface area contributed by atoms with Crippen molar-refractivity contribution in [3.8, 4) is 0 Å². The van der Waals surface area contributed by atoms with Gasteiger partial charge >= 0.3 is 0 Å². The summed E-state index contributed by atoms with van der Waals surface area (Å²) >= 11 is 0. The molecule has 3 saturated carbocycles. The van der Waals surface area contributed by atoms with Crippen molar-refractivity contribution in [2.24, 2.45) is 34.5 Å². The van der Waals surface area contributed by atoms with Crippen molar-refractivity contribution < 1.29 is 29.9 Å². The highest BCUT2D eigenvalue weighted by atomic mass is 16.7. The summed E-state index contributed by atoms with van der Waals surface area (Å²) < 4.78 is 11.7. The zero-order chi connectivity index (χ0) is 23.5. The Morgan fingerprint density at radius 2 is 1.85 bits per heavy atom. The van der Waals surface area contributed by atoms with E-state index in [1.165, 1.54) is 31.3 Å². The fourth-order valence-corrected chi connectivity index (χ4v) is 8.54. The largest absolute Gasteiger partial charge is 0.394 e. The second-order valence-corrected chi connectivity index (χ2v) is 11.9. The number of hydrogen-bond donors (Lipinski definition) is 4. The highest BCUT2D eigenvalue weighted by Crippen LogP contribution is 2.66. The Balaban J connectivity index is 1.29. The molecule has 1 aliphatic heterocycles. The van der Waals surface area contributed by atoms with E-state index in [0.29, 0.717) is 17.3 Å². The molecule has 186 valence electrons. The first-order valence-electron chi connectivity index (χ1n) is 13.0. The van der Waals surface area contributed by atoms with Crippen molar-refractivity contribution in [3.05, 3.63) is 24.3 Å². The van der Waals surface area contributed by atoms with Crippen molar-refractivity contribution in [2.75, 3.05) is 6.61 Å². The average molecular weight is 463 g/mol. The molecule has 1 heterocycles. The van der Waals surface area contributed by atoms with Crippen molar-refractivity contribution in [1.82, 2.24) is 0 Å². The Hall–Kier alpha value is -0.760. The molecule has 0 aromatic carbocycles. The molecule has 0 amide bonds. The van der Waals surface area contributed by atoms with E-state index < -0.39 is 37.3 Å². The van der Waals surface area contributed by atoms with Crippen LogP contribution >= 0.6 is 0 Å². The molecule has 0 aromatic rings. The third-order valence-electron chi connectivity index (χ3n) is 10.6. The van der Waals surface area contributed by atoms with Crippen LogP contribution in [0.25, 0.3) is 0 Å². The Morgan fingerprint density at radius 3 is 2.58 bits per heavy atom. The van der Waals surface area contributed by atoms with E-state index in [2.05, 4.69) is 32.6 Å². The number of fused-ring (bicyclic) bond motifs is 5. The fourth-order valence-electron chi connectivity index (χ4n) is 8.54. The number of rotatable bonds is 4. The molecule has 5 aliphatic rings. The van der Waals surface area contributed by atoms with E-state index in [0.717, 1.165) is 37.5 Å². The lowest BCUT2D eigenvalue weighted by Crippen LogP contribution is -2.60. The highest BCUT2D eigenvalue weighted by molar-refractivity contribution is 5.25. The van der Waals surface area contributed by atoms with Crippen LogP contribution in [0.3, 0.4) is 0 Å². The van der Waals surface area contributed by atoms with Crippen LogP contribution in [0.15, 0.2) is 24.3 Å². The molecule has 4 N–H and O–H groups in total. The maximum Gasteiger partial charge on any atom is 0.186 e. The van der Waals surface area contributed by atoms with Crippen LogP contribution < -0.4 is 0 Å². The van der Waals surface area contributed by atoms with Crippen LogP contribution in [0.4, 0.5) is 0 Å². The first kappa shape index (κ1) is 24.0. The summed E-state index contributed by atoms with van der Waals surface area (Å²) in [5.74, 6) is 2.92. The van der Waals surface area contributed by atoms with E-state index in [4.69, 9.17) is 9.47 Å². The molecule has 1 saturated heterocycles. The Kier molecular flexibility index (Phi) is 6.33. The van der Waals surface area contributed by atoms with Gasteiger partial charge in [-0.05, 0) is 85.9 Å². The maximum atomic E-state index is 10.4. The molecule has 0 radical (unpaired) electrons. The molecule has 6 nitrogen and oxygen atoms in total. The van der Waals surface area contributed by atoms with Crippen molar-refractivity contribution in [3.63, 3.8) is 0 Å². The summed E-state index contributed by atoms with van der Waals surface area (Å²) in [4.78, 5) is 0. The van der Waals surface area contributed by atoms with Crippen LogP contribution in [0.5, 0.6) is 0 Å². The molecule has 0 spiro atoms. The predicted octanol–water partition coefficient (Wildman–Crippen LogP) is 2.94. The van der Waals surface area contributed by atoms with Gasteiger partial charge in [-0.1, -0.05) is 31.6 Å². The minimum absolute atomic E-state index is 0.104. The fraction of sp³-hybridized carbons (Fsp3) is 0.852. The monoisotopic (exact) mass is 462 g/mol. The summed E-state index contributed by atoms with van der Waals surface area (Å²) in [6, 6.07) is 0. The van der Waals surface area contributed by atoms with Crippen molar-refractivity contribution >= 4 is 0 Å². The van der Waals surface area contributed by atoms with Gasteiger partial charge in [-0.3, -0.25) is 0 Å². The summed E-state index contributed by atoms with van der Waals surface area (Å²) in [6.07, 6.45) is 7.62. The molecule has 4 fully saturated rings. The minimum Gasteiger partial charge on any atom is -0.394 e. The van der Waals surface area contributed by atoms with Crippen LogP contribution in [-0.4, -0.2) is 63.8 Å². The molecule has 0 aromatic heterocycles. The number of aliphatic hydroxyl groups excluding tert-OH is 4. The van der Waals surface area contributed by atoms with Gasteiger partial charge in [0, 0.05) is 0 Å². The van der Waals surface area contributed by atoms with Gasteiger partial charge in [0.15, 0.2) is 6.29 Å². The van der Waals surface area contributed by atoms with Gasteiger partial charge in [0.25, 0.3) is 0 Å². The minimum atomic E-state index is -1.40. The SMILES string of the molecule is C=C[C@H]1CCC2C3CC=C4CC(O[C@@H]5O[C@H](CO)[C@H](O)[C@H](O)[C@H]5O)CC[C@]4(C)C3CC[C@@]21C. The maximum absolute atomic E-state index is 10.4. The van der Waals surface area contributed by atoms with Crippen LogP contribution in [0.1, 0.15) is 65.2 Å². The zero-order valence-corrected chi connectivity index (χ0v) is 20.1. The second kappa shape index (κ2) is 8.72. The van der Waals surface area contributed by atoms with E-state index in [1.54, 1.807) is 0 Å². The molecule has 12 atom stereocenters. The van der Waals surface area contributed by atoms with Gasteiger partial charge < -0.3 is 29.9 Å². The second-order valence-electron chi connectivity index (χ2n) is 11.9. The number of allylic oxidation sites excluding steroid dienone is 2. The first-order valence-corrected chi connectivity index (χ1v) is 13.0. The van der Waals surface area contributed by atoms with Gasteiger partial charge in [0.1, 0.15) is 24.4 Å². The standard InChI is InChI=1S/C27H42O6/c1-4-15-6-8-19-18-7-5-16-13-17(9-11-27(16,3)20(18)10-12-26(15,19)2)32-25-24(31)23(30)22(29)21(14-28)33-25/h4-5,15,17-25,28-31H,1,6-14H2,2-3H3/t15-,17?,18?,19?,20?,21+,22-,23-,24+,25+,26+,27-/m0/s1. The van der Waals surface area contributed by atoms with E-state index in [1.807, 2.05) is 0 Å². The van der Waals surface area contributed by atoms with Crippen molar-refractivity contribution in [2.45, 2.75) is 102 Å². The third kappa shape index (κ3) is 3.68. The third-order valence-corrected chi connectivity index (χ3v) is 10.6. The Labute approximate surface area is 197 Å². The normalized spacial score (nSPS) is 54.1. The molecular weight excluding hydrogens is 420 g/mol. The lowest BCUT2D eigenvalue weighted by molar-refractivity contribution is -0.313. The van der Waals surface area contributed by atoms with E-state index in [9.17, 15) is 20.4 Å². The van der Waals surface area contributed by atoms with E-state index >= 15 is 0 Å². The van der Waals surface area contributed by atoms with Crippen LogP contribution in [-0.2, 0) is 9.47 Å². The molecule has 33 heavy (non-hydrogen) atoms. The number of ether oxygens (including phenoxy) is 2. The van der Waals surface area contributed by atoms with Gasteiger partial charge in [-0.25, -0.2) is 0 Å². The quantitative estimate of drug-likeness (QED) is 0.480. The van der Waals surface area contributed by atoms with Gasteiger partial charge in [0.2, 0.25) is 0 Å². The summed E-state index contributed by atoms with van der Waals surface area (Å²) in [7, 11) is 0. The molecule has 5 rings (SSSR count). The topological polar surface area (TPSA) is 99.4 Å². The summed E-state index contributed by atoms with van der Waals surface area (Å²) in [5, 5.41) is 40.0. The number of aliphatic hydroxyl groups is 4. The molecule has 4 unspecified atom stereocenters. The zero-order valence-electron chi connectivity index (χ0n) is 20.1. The van der Waals surface area contributed by atoms with Crippen LogP contribution in [0, 0.1) is 34.5 Å². The molecule has 0 bridgehead atoms. The van der Waals surface area contributed by atoms with E-state index in [-0.39, 0.29) is 11.5 Å². The molecule has 6 heteroatoms. The molecular formula is C27H42O6. The predicted molar refractivity (Wildman–Crippen MR) is 124 cm³/mol. The lowest BCUT2D eigenvalue weighted by atomic mass is 9.47. The van der Waals surface area contributed by atoms with Gasteiger partial charge in [0.05, 0.1) is 12.7 Å². The Bertz CT molecular complexity index is 781. The lowest BCUT2D eigenvalue weighted by Gasteiger charge is -2.58. The van der Waals surface area contributed by atoms with Crippen molar-refractivity contribution in [1.29, 1.82) is 0 Å². The highest BCUT2D eigenvalue weighted by Gasteiger charge is 2.58.